The second-order valence-corrected chi connectivity index (χ2v) is 7.55. The van der Waals surface area contributed by atoms with Crippen LogP contribution in [0.4, 0.5) is 11.4 Å². The summed E-state index contributed by atoms with van der Waals surface area (Å²) in [4.78, 5) is 37.0. The van der Waals surface area contributed by atoms with Gasteiger partial charge in [-0.2, -0.15) is 0 Å². The molecule has 0 aromatic heterocycles. The van der Waals surface area contributed by atoms with Gasteiger partial charge in [0.15, 0.2) is 0 Å². The SMILES string of the molecule is O=C(Nc1ccc2c(c1)CN(C(=O)C1CC1)CC2)c1ccc([N+](=O)[O-])cc1Cl. The molecule has 8 heteroatoms. The first-order chi connectivity index (χ1) is 13.4. The Morgan fingerprint density at radius 2 is 1.93 bits per heavy atom. The molecular weight excluding hydrogens is 382 g/mol. The van der Waals surface area contributed by atoms with E-state index in [1.807, 2.05) is 23.1 Å². The van der Waals surface area contributed by atoms with Gasteiger partial charge >= 0.3 is 0 Å². The lowest BCUT2D eigenvalue weighted by Crippen LogP contribution is -2.36. The number of carbonyl (C=O) groups is 2. The van der Waals surface area contributed by atoms with E-state index in [0.29, 0.717) is 12.2 Å². The fourth-order valence-corrected chi connectivity index (χ4v) is 3.67. The van der Waals surface area contributed by atoms with Gasteiger partial charge in [0.25, 0.3) is 11.6 Å². The summed E-state index contributed by atoms with van der Waals surface area (Å²) in [6, 6.07) is 9.39. The van der Waals surface area contributed by atoms with Crippen LogP contribution in [0.1, 0.15) is 34.3 Å². The highest BCUT2D eigenvalue weighted by Gasteiger charge is 2.34. The third-order valence-corrected chi connectivity index (χ3v) is 5.44. The largest absolute Gasteiger partial charge is 0.338 e. The number of carbonyl (C=O) groups excluding carboxylic acids is 2. The Kier molecular flexibility index (Phi) is 4.77. The van der Waals surface area contributed by atoms with E-state index in [4.69, 9.17) is 11.6 Å². The number of fused-ring (bicyclic) bond motifs is 1. The van der Waals surface area contributed by atoms with Crippen molar-refractivity contribution >= 4 is 34.8 Å². The fraction of sp³-hybridized carbons (Fsp3) is 0.300. The highest BCUT2D eigenvalue weighted by Crippen LogP contribution is 2.33. The maximum atomic E-state index is 12.5. The normalized spacial score (nSPS) is 15.7. The minimum Gasteiger partial charge on any atom is -0.338 e. The highest BCUT2D eigenvalue weighted by molar-refractivity contribution is 6.34. The van der Waals surface area contributed by atoms with E-state index < -0.39 is 10.8 Å². The van der Waals surface area contributed by atoms with Crippen molar-refractivity contribution in [1.29, 1.82) is 0 Å². The molecule has 0 unspecified atom stereocenters. The molecule has 1 heterocycles. The lowest BCUT2D eigenvalue weighted by molar-refractivity contribution is -0.384. The van der Waals surface area contributed by atoms with Crippen molar-refractivity contribution in [1.82, 2.24) is 4.90 Å². The second kappa shape index (κ2) is 7.24. The summed E-state index contributed by atoms with van der Waals surface area (Å²) in [6.07, 6.45) is 2.76. The molecular formula is C20H18ClN3O4. The molecule has 1 N–H and O–H groups in total. The van der Waals surface area contributed by atoms with Gasteiger partial charge in [0.2, 0.25) is 5.91 Å². The van der Waals surface area contributed by atoms with Gasteiger partial charge in [0, 0.05) is 36.8 Å². The van der Waals surface area contributed by atoms with Crippen molar-refractivity contribution in [2.75, 3.05) is 11.9 Å². The quantitative estimate of drug-likeness (QED) is 0.625. The molecule has 2 aromatic rings. The summed E-state index contributed by atoms with van der Waals surface area (Å²) >= 11 is 6.03. The lowest BCUT2D eigenvalue weighted by atomic mass is 9.98. The Morgan fingerprint density at radius 1 is 1.14 bits per heavy atom. The highest BCUT2D eigenvalue weighted by atomic mass is 35.5. The van der Waals surface area contributed by atoms with E-state index in [2.05, 4.69) is 5.32 Å². The molecule has 2 aliphatic rings. The predicted octanol–water partition coefficient (Wildman–Crippen LogP) is 3.80. The number of hydrogen-bond acceptors (Lipinski definition) is 4. The average molecular weight is 400 g/mol. The maximum Gasteiger partial charge on any atom is 0.270 e. The number of rotatable bonds is 4. The van der Waals surface area contributed by atoms with E-state index in [-0.39, 0.29) is 28.1 Å². The number of hydrogen-bond donors (Lipinski definition) is 1. The summed E-state index contributed by atoms with van der Waals surface area (Å²) < 4.78 is 0. The number of non-ortho nitro benzene ring substituents is 1. The first kappa shape index (κ1) is 18.4. The van der Waals surface area contributed by atoms with Crippen LogP contribution in [0.25, 0.3) is 0 Å². The summed E-state index contributed by atoms with van der Waals surface area (Å²) in [5.41, 5.74) is 2.78. The zero-order chi connectivity index (χ0) is 19.8. The van der Waals surface area contributed by atoms with E-state index in [1.54, 1.807) is 0 Å². The van der Waals surface area contributed by atoms with Crippen molar-refractivity contribution in [2.45, 2.75) is 25.8 Å². The van der Waals surface area contributed by atoms with Crippen LogP contribution in [-0.4, -0.2) is 28.2 Å². The Balaban J connectivity index is 1.50. The lowest BCUT2D eigenvalue weighted by Gasteiger charge is -2.29. The van der Waals surface area contributed by atoms with Crippen LogP contribution in [0.5, 0.6) is 0 Å². The third kappa shape index (κ3) is 3.71. The molecule has 144 valence electrons. The summed E-state index contributed by atoms with van der Waals surface area (Å²) in [6.45, 7) is 1.28. The summed E-state index contributed by atoms with van der Waals surface area (Å²) in [5.74, 6) is -0.0342. The van der Waals surface area contributed by atoms with Gasteiger partial charge in [-0.25, -0.2) is 0 Å². The number of halogens is 1. The van der Waals surface area contributed by atoms with Gasteiger partial charge in [-0.1, -0.05) is 17.7 Å². The van der Waals surface area contributed by atoms with Crippen LogP contribution in [0.15, 0.2) is 36.4 Å². The van der Waals surface area contributed by atoms with Crippen molar-refractivity contribution in [3.05, 3.63) is 68.2 Å². The van der Waals surface area contributed by atoms with Crippen molar-refractivity contribution < 1.29 is 14.5 Å². The number of nitrogens with zero attached hydrogens (tertiary/aromatic N) is 2. The molecule has 1 saturated carbocycles. The number of nitrogens with one attached hydrogen (secondary N) is 1. The number of amides is 2. The predicted molar refractivity (Wildman–Crippen MR) is 104 cm³/mol. The molecule has 4 rings (SSSR count). The smallest absolute Gasteiger partial charge is 0.270 e. The summed E-state index contributed by atoms with van der Waals surface area (Å²) in [7, 11) is 0. The molecule has 0 saturated heterocycles. The first-order valence-electron chi connectivity index (χ1n) is 9.08. The molecule has 1 fully saturated rings. The summed E-state index contributed by atoms with van der Waals surface area (Å²) in [5, 5.41) is 13.6. The first-order valence-corrected chi connectivity index (χ1v) is 9.46. The minimum atomic E-state index is -0.564. The van der Waals surface area contributed by atoms with E-state index in [1.165, 1.54) is 17.7 Å². The van der Waals surface area contributed by atoms with Crippen LogP contribution >= 0.6 is 11.6 Å². The molecule has 7 nitrogen and oxygen atoms in total. The maximum absolute atomic E-state index is 12.5. The zero-order valence-electron chi connectivity index (χ0n) is 15.0. The Bertz CT molecular complexity index is 987. The molecule has 0 atom stereocenters. The molecule has 0 spiro atoms. The van der Waals surface area contributed by atoms with Crippen LogP contribution in [0.3, 0.4) is 0 Å². The molecule has 1 aliphatic heterocycles. The van der Waals surface area contributed by atoms with E-state index >= 15 is 0 Å². The minimum absolute atomic E-state index is 0.0193. The fourth-order valence-electron chi connectivity index (χ4n) is 3.41. The molecule has 2 aromatic carbocycles. The van der Waals surface area contributed by atoms with Crippen LogP contribution in [0, 0.1) is 16.0 Å². The van der Waals surface area contributed by atoms with E-state index in [9.17, 15) is 19.7 Å². The Morgan fingerprint density at radius 3 is 2.61 bits per heavy atom. The van der Waals surface area contributed by atoms with Gasteiger partial charge in [0.05, 0.1) is 15.5 Å². The standard InChI is InChI=1S/C20H18ClN3O4/c21-18-10-16(24(27)28)5-6-17(18)19(25)22-15-4-3-12-7-8-23(11-14(12)9-15)20(26)13-1-2-13/h3-6,9-10,13H,1-2,7-8,11H2,(H,22,25). The van der Waals surface area contributed by atoms with Crippen molar-refractivity contribution in [3.8, 4) is 0 Å². The molecule has 0 radical (unpaired) electrons. The van der Waals surface area contributed by atoms with Crippen LogP contribution in [-0.2, 0) is 17.8 Å². The molecule has 28 heavy (non-hydrogen) atoms. The van der Waals surface area contributed by atoms with Crippen LogP contribution < -0.4 is 5.32 Å². The van der Waals surface area contributed by atoms with Gasteiger partial charge < -0.3 is 10.2 Å². The monoisotopic (exact) mass is 399 g/mol. The molecule has 1 aliphatic carbocycles. The Labute approximate surface area is 166 Å². The Hall–Kier alpha value is -2.93. The van der Waals surface area contributed by atoms with E-state index in [0.717, 1.165) is 37.4 Å². The van der Waals surface area contributed by atoms with Gasteiger partial charge in [-0.15, -0.1) is 0 Å². The molecule has 0 bridgehead atoms. The molecule has 2 amide bonds. The zero-order valence-corrected chi connectivity index (χ0v) is 15.7. The number of nitro groups is 1. The van der Waals surface area contributed by atoms with Crippen molar-refractivity contribution in [2.24, 2.45) is 5.92 Å². The average Bonchev–Trinajstić information content (AvgIpc) is 3.51. The van der Waals surface area contributed by atoms with Crippen LogP contribution in [0.2, 0.25) is 5.02 Å². The number of nitro benzene ring substituents is 1. The topological polar surface area (TPSA) is 92.6 Å². The second-order valence-electron chi connectivity index (χ2n) is 7.14. The van der Waals surface area contributed by atoms with Gasteiger partial charge in [-0.3, -0.25) is 19.7 Å². The number of anilines is 1. The van der Waals surface area contributed by atoms with Crippen molar-refractivity contribution in [3.63, 3.8) is 0 Å². The van der Waals surface area contributed by atoms with Gasteiger partial charge in [-0.05, 0) is 48.6 Å². The number of benzene rings is 2. The van der Waals surface area contributed by atoms with Gasteiger partial charge in [0.1, 0.15) is 0 Å². The third-order valence-electron chi connectivity index (χ3n) is 5.12.